The number of rotatable bonds is 49. The number of Topliss-reactive ketones (excluding diaryl/α,β-unsaturated/α-hetero) is 1. The van der Waals surface area contributed by atoms with Crippen LogP contribution in [0, 0.1) is 0 Å². The van der Waals surface area contributed by atoms with Crippen molar-refractivity contribution in [1.82, 2.24) is 5.32 Å². The number of carbonyl (C=O) groups is 2. The highest BCUT2D eigenvalue weighted by Crippen LogP contribution is 2.17. The summed E-state index contributed by atoms with van der Waals surface area (Å²) < 4.78 is 0. The molecular formula is C53H103NO3. The number of hydrogen-bond donors (Lipinski definition) is 2. The standard InChI is InChI=1S/C53H103NO3/c1-3-5-7-9-11-13-15-17-19-21-22-26-30-34-38-42-46-51(50-55)54-53(57)49-45-41-37-33-29-25-24-28-32-36-40-44-48-52(56)47-43-39-35-31-27-23-20-18-16-14-12-10-8-6-4-2/h18,20,51,55H,3-17,19,21-50H2,1-2H3,(H,54,57)/t51-/m0/s1. The van der Waals surface area contributed by atoms with E-state index in [0.29, 0.717) is 12.2 Å². The van der Waals surface area contributed by atoms with Crippen molar-refractivity contribution < 1.29 is 14.7 Å². The molecule has 1 atom stereocenters. The van der Waals surface area contributed by atoms with Crippen LogP contribution in [-0.2, 0) is 9.59 Å². The summed E-state index contributed by atoms with van der Waals surface area (Å²) in [5.74, 6) is 0.608. The Morgan fingerprint density at radius 3 is 1.00 bits per heavy atom. The summed E-state index contributed by atoms with van der Waals surface area (Å²) in [4.78, 5) is 24.7. The van der Waals surface area contributed by atoms with E-state index in [9.17, 15) is 14.7 Å². The summed E-state index contributed by atoms with van der Waals surface area (Å²) in [7, 11) is 0. The minimum Gasteiger partial charge on any atom is -0.394 e. The fraction of sp³-hybridized carbons (Fsp3) is 0.925. The molecule has 4 heteroatoms. The van der Waals surface area contributed by atoms with Gasteiger partial charge in [0.1, 0.15) is 5.78 Å². The molecule has 0 rings (SSSR count). The van der Waals surface area contributed by atoms with Gasteiger partial charge in [0.25, 0.3) is 0 Å². The van der Waals surface area contributed by atoms with Crippen LogP contribution in [-0.4, -0.2) is 29.4 Å². The fourth-order valence-corrected chi connectivity index (χ4v) is 8.34. The molecule has 0 fully saturated rings. The molecule has 338 valence electrons. The van der Waals surface area contributed by atoms with Crippen LogP contribution in [0.4, 0.5) is 0 Å². The van der Waals surface area contributed by atoms with Gasteiger partial charge in [0.15, 0.2) is 0 Å². The molecular weight excluding hydrogens is 699 g/mol. The van der Waals surface area contributed by atoms with E-state index < -0.39 is 0 Å². The topological polar surface area (TPSA) is 66.4 Å². The van der Waals surface area contributed by atoms with Crippen LogP contribution in [0.2, 0.25) is 0 Å². The van der Waals surface area contributed by atoms with E-state index in [0.717, 1.165) is 51.4 Å². The molecule has 0 aliphatic rings. The number of amides is 1. The lowest BCUT2D eigenvalue weighted by molar-refractivity contribution is -0.122. The summed E-state index contributed by atoms with van der Waals surface area (Å²) in [6.45, 7) is 4.63. The molecule has 0 saturated heterocycles. The second-order valence-electron chi connectivity index (χ2n) is 18.2. The van der Waals surface area contributed by atoms with Gasteiger partial charge in [-0.15, -0.1) is 0 Å². The van der Waals surface area contributed by atoms with Gasteiger partial charge < -0.3 is 10.4 Å². The zero-order chi connectivity index (χ0) is 41.4. The van der Waals surface area contributed by atoms with Gasteiger partial charge in [0.05, 0.1) is 12.6 Å². The number of nitrogens with one attached hydrogen (secondary N) is 1. The largest absolute Gasteiger partial charge is 0.394 e. The monoisotopic (exact) mass is 802 g/mol. The normalized spacial score (nSPS) is 12.2. The number of aliphatic hydroxyl groups is 1. The maximum atomic E-state index is 12.4. The minimum atomic E-state index is -0.0707. The van der Waals surface area contributed by atoms with Gasteiger partial charge in [0, 0.05) is 19.3 Å². The van der Waals surface area contributed by atoms with Crippen LogP contribution in [0.5, 0.6) is 0 Å². The van der Waals surface area contributed by atoms with E-state index in [1.165, 1.54) is 231 Å². The Labute approximate surface area is 358 Å². The molecule has 0 unspecified atom stereocenters. The molecule has 57 heavy (non-hydrogen) atoms. The van der Waals surface area contributed by atoms with Gasteiger partial charge in [-0.05, 0) is 51.4 Å². The Morgan fingerprint density at radius 1 is 0.386 bits per heavy atom. The van der Waals surface area contributed by atoms with E-state index in [-0.39, 0.29) is 18.6 Å². The van der Waals surface area contributed by atoms with Crippen molar-refractivity contribution in [1.29, 1.82) is 0 Å². The maximum Gasteiger partial charge on any atom is 0.220 e. The van der Waals surface area contributed by atoms with E-state index in [2.05, 4.69) is 31.3 Å². The second kappa shape index (κ2) is 49.2. The first-order valence-corrected chi connectivity index (χ1v) is 26.2. The van der Waals surface area contributed by atoms with Crippen LogP contribution in [0.25, 0.3) is 0 Å². The quantitative estimate of drug-likeness (QED) is 0.0476. The minimum absolute atomic E-state index is 0.0580. The van der Waals surface area contributed by atoms with Gasteiger partial charge in [-0.2, -0.15) is 0 Å². The molecule has 2 N–H and O–H groups in total. The van der Waals surface area contributed by atoms with Gasteiger partial charge >= 0.3 is 0 Å². The van der Waals surface area contributed by atoms with Gasteiger partial charge in [-0.25, -0.2) is 0 Å². The van der Waals surface area contributed by atoms with Gasteiger partial charge in [0.2, 0.25) is 5.91 Å². The Balaban J connectivity index is 3.39. The van der Waals surface area contributed by atoms with Crippen molar-refractivity contribution in [2.24, 2.45) is 0 Å². The molecule has 0 bridgehead atoms. The Morgan fingerprint density at radius 2 is 0.667 bits per heavy atom. The highest BCUT2D eigenvalue weighted by atomic mass is 16.3. The van der Waals surface area contributed by atoms with Crippen LogP contribution >= 0.6 is 0 Å². The fourth-order valence-electron chi connectivity index (χ4n) is 8.34. The van der Waals surface area contributed by atoms with E-state index in [1.54, 1.807) is 0 Å². The number of carbonyl (C=O) groups excluding carboxylic acids is 2. The predicted octanol–water partition coefficient (Wildman–Crippen LogP) is 17.2. The summed E-state index contributed by atoms with van der Waals surface area (Å²) in [6.07, 6.45) is 61.5. The Bertz CT molecular complexity index is 825. The third-order valence-corrected chi connectivity index (χ3v) is 12.3. The summed E-state index contributed by atoms with van der Waals surface area (Å²) in [6, 6.07) is -0.0707. The number of aliphatic hydroxyl groups excluding tert-OH is 1. The third kappa shape index (κ3) is 47.4. The molecule has 0 radical (unpaired) electrons. The number of allylic oxidation sites excluding steroid dienone is 2. The smallest absolute Gasteiger partial charge is 0.220 e. The number of hydrogen-bond acceptors (Lipinski definition) is 3. The average molecular weight is 802 g/mol. The van der Waals surface area contributed by atoms with Gasteiger partial charge in [-0.1, -0.05) is 244 Å². The molecule has 0 aliphatic carbocycles. The highest BCUT2D eigenvalue weighted by molar-refractivity contribution is 5.78. The number of ketones is 1. The van der Waals surface area contributed by atoms with Crippen LogP contribution in [0.1, 0.15) is 303 Å². The highest BCUT2D eigenvalue weighted by Gasteiger charge is 2.11. The average Bonchev–Trinajstić information content (AvgIpc) is 3.21. The molecule has 0 aliphatic heterocycles. The molecule has 4 nitrogen and oxygen atoms in total. The first kappa shape index (κ1) is 55.8. The molecule has 0 spiro atoms. The molecule has 0 aromatic carbocycles. The molecule has 0 saturated carbocycles. The maximum absolute atomic E-state index is 12.4. The van der Waals surface area contributed by atoms with Gasteiger partial charge in [-0.3, -0.25) is 9.59 Å². The molecule has 0 aromatic rings. The van der Waals surface area contributed by atoms with Crippen molar-refractivity contribution in [2.75, 3.05) is 6.61 Å². The van der Waals surface area contributed by atoms with Crippen molar-refractivity contribution in [2.45, 2.75) is 309 Å². The SMILES string of the molecule is CCCCCCCCC=CCCCCCCCC(=O)CCCCCCCCCCCCCCC(=O)N[C@H](CO)CCCCCCCCCCCCCCCCCC. The Hall–Kier alpha value is -1.16. The zero-order valence-electron chi connectivity index (χ0n) is 39.0. The first-order valence-electron chi connectivity index (χ1n) is 26.2. The van der Waals surface area contributed by atoms with Crippen molar-refractivity contribution in [3.05, 3.63) is 12.2 Å². The van der Waals surface area contributed by atoms with Crippen LogP contribution in [0.3, 0.4) is 0 Å². The summed E-state index contributed by atoms with van der Waals surface area (Å²) >= 11 is 0. The van der Waals surface area contributed by atoms with Crippen molar-refractivity contribution in [3.63, 3.8) is 0 Å². The second-order valence-corrected chi connectivity index (χ2v) is 18.2. The van der Waals surface area contributed by atoms with E-state index in [1.807, 2.05) is 0 Å². The van der Waals surface area contributed by atoms with Crippen molar-refractivity contribution in [3.8, 4) is 0 Å². The Kier molecular flexibility index (Phi) is 48.2. The van der Waals surface area contributed by atoms with Crippen molar-refractivity contribution >= 4 is 11.7 Å². The van der Waals surface area contributed by atoms with E-state index in [4.69, 9.17) is 0 Å². The summed E-state index contributed by atoms with van der Waals surface area (Å²) in [5, 5.41) is 12.9. The lowest BCUT2D eigenvalue weighted by Crippen LogP contribution is -2.37. The molecule has 0 aromatic heterocycles. The molecule has 1 amide bonds. The third-order valence-electron chi connectivity index (χ3n) is 12.3. The predicted molar refractivity (Wildman–Crippen MR) is 252 cm³/mol. The summed E-state index contributed by atoms with van der Waals surface area (Å²) in [5.41, 5.74) is 0. The van der Waals surface area contributed by atoms with Crippen LogP contribution < -0.4 is 5.32 Å². The lowest BCUT2D eigenvalue weighted by Gasteiger charge is -2.16. The number of unbranched alkanes of at least 4 members (excludes halogenated alkanes) is 37. The molecule has 0 heterocycles. The van der Waals surface area contributed by atoms with Crippen LogP contribution in [0.15, 0.2) is 12.2 Å². The first-order chi connectivity index (χ1) is 28.1. The van der Waals surface area contributed by atoms with E-state index >= 15 is 0 Å². The zero-order valence-corrected chi connectivity index (χ0v) is 39.0. The lowest BCUT2D eigenvalue weighted by atomic mass is 10.0.